The summed E-state index contributed by atoms with van der Waals surface area (Å²) in [7, 11) is -3.00. The van der Waals surface area contributed by atoms with E-state index in [0.717, 1.165) is 12.8 Å². The van der Waals surface area contributed by atoms with Gasteiger partial charge in [-0.1, -0.05) is 13.8 Å². The molecule has 16 heavy (non-hydrogen) atoms. The molecule has 1 fully saturated rings. The van der Waals surface area contributed by atoms with Gasteiger partial charge in [-0.25, -0.2) is 0 Å². The maximum Gasteiger partial charge on any atom is 0.422 e. The van der Waals surface area contributed by atoms with Gasteiger partial charge in [-0.3, -0.25) is 4.79 Å². The maximum absolute atomic E-state index is 11.6. The Morgan fingerprint density at radius 1 is 1.25 bits per heavy atom. The predicted octanol–water partition coefficient (Wildman–Crippen LogP) is 2.72. The number of ketones is 1. The van der Waals surface area contributed by atoms with Crippen molar-refractivity contribution in [3.05, 3.63) is 0 Å². The van der Waals surface area contributed by atoms with Crippen LogP contribution in [0.4, 0.5) is 0 Å². The fourth-order valence-electron chi connectivity index (χ4n) is 1.67. The summed E-state index contributed by atoms with van der Waals surface area (Å²) in [5, 5.41) is -0.711. The van der Waals surface area contributed by atoms with E-state index in [2.05, 4.69) is 0 Å². The third kappa shape index (κ3) is 2.62. The van der Waals surface area contributed by atoms with Crippen LogP contribution in [-0.4, -0.2) is 29.0 Å². The first kappa shape index (κ1) is 14.0. The Balaban J connectivity index is 2.73. The van der Waals surface area contributed by atoms with Crippen molar-refractivity contribution in [3.63, 3.8) is 0 Å². The first-order valence-corrected chi connectivity index (χ1v) is 7.52. The summed E-state index contributed by atoms with van der Waals surface area (Å²) in [6, 6.07) is 0. The normalized spacial score (nSPS) is 18.5. The van der Waals surface area contributed by atoms with E-state index in [1.165, 1.54) is 6.92 Å². The van der Waals surface area contributed by atoms with Crippen LogP contribution in [0, 0.1) is 0 Å². The van der Waals surface area contributed by atoms with Gasteiger partial charge in [0.1, 0.15) is 0 Å². The second-order valence-electron chi connectivity index (χ2n) is 4.27. The van der Waals surface area contributed by atoms with Gasteiger partial charge in [-0.2, -0.15) is 13.9 Å². The van der Waals surface area contributed by atoms with Crippen molar-refractivity contribution in [1.82, 2.24) is 0 Å². The number of rotatable bonds is 8. The van der Waals surface area contributed by atoms with Gasteiger partial charge in [0, 0.05) is 12.8 Å². The lowest BCUT2D eigenvalue weighted by atomic mass is 10.3. The van der Waals surface area contributed by atoms with E-state index in [-0.39, 0.29) is 5.78 Å². The van der Waals surface area contributed by atoms with Crippen LogP contribution in [0.15, 0.2) is 0 Å². The molecule has 0 aromatic rings. The zero-order valence-electron chi connectivity index (χ0n) is 10.4. The van der Waals surface area contributed by atoms with Gasteiger partial charge in [0.25, 0.3) is 0 Å². The molecule has 1 N–H and O–H groups in total. The van der Waals surface area contributed by atoms with E-state index in [0.29, 0.717) is 26.1 Å². The van der Waals surface area contributed by atoms with Gasteiger partial charge in [-0.05, 0) is 19.8 Å². The Kier molecular flexibility index (Phi) is 4.87. The molecular formula is C11H22O4P+. The van der Waals surface area contributed by atoms with Gasteiger partial charge in [-0.15, -0.1) is 0 Å². The van der Waals surface area contributed by atoms with Gasteiger partial charge >= 0.3 is 7.94 Å². The van der Waals surface area contributed by atoms with Crippen LogP contribution in [0.5, 0.6) is 0 Å². The second kappa shape index (κ2) is 5.54. The predicted molar refractivity (Wildman–Crippen MR) is 64.3 cm³/mol. The van der Waals surface area contributed by atoms with Crippen LogP contribution < -0.4 is 0 Å². The maximum atomic E-state index is 11.6. The number of hydrogen-bond acceptors (Lipinski definition) is 4. The minimum absolute atomic E-state index is 0.00413. The van der Waals surface area contributed by atoms with Crippen LogP contribution in [0.3, 0.4) is 0 Å². The van der Waals surface area contributed by atoms with E-state index in [9.17, 15) is 9.69 Å². The van der Waals surface area contributed by atoms with Crippen molar-refractivity contribution in [2.24, 2.45) is 0 Å². The lowest BCUT2D eigenvalue weighted by molar-refractivity contribution is -0.117. The molecule has 0 aliphatic heterocycles. The smallest absolute Gasteiger partial charge is 0.295 e. The van der Waals surface area contributed by atoms with Gasteiger partial charge in [0.2, 0.25) is 5.16 Å². The third-order valence-electron chi connectivity index (χ3n) is 2.86. The molecule has 0 bridgehead atoms. The van der Waals surface area contributed by atoms with Crippen LogP contribution in [0.2, 0.25) is 0 Å². The highest BCUT2D eigenvalue weighted by molar-refractivity contribution is 7.63. The van der Waals surface area contributed by atoms with Crippen molar-refractivity contribution in [3.8, 4) is 0 Å². The largest absolute Gasteiger partial charge is 0.422 e. The topological polar surface area (TPSA) is 55.8 Å². The lowest BCUT2D eigenvalue weighted by Crippen LogP contribution is -2.27. The molecule has 0 radical (unpaired) electrons. The molecule has 0 atom stereocenters. The molecule has 1 aliphatic carbocycles. The summed E-state index contributed by atoms with van der Waals surface area (Å²) in [4.78, 5) is 22.1. The Bertz CT molecular complexity index is 242. The van der Waals surface area contributed by atoms with E-state index < -0.39 is 13.1 Å². The van der Waals surface area contributed by atoms with Crippen LogP contribution in [0.1, 0.15) is 46.5 Å². The summed E-state index contributed by atoms with van der Waals surface area (Å²) < 4.78 is 11.0. The molecule has 94 valence electrons. The summed E-state index contributed by atoms with van der Waals surface area (Å²) in [6.07, 6.45) is 3.01. The number of Topliss-reactive ketones (excluding diaryl/α,β-unsaturated/α-hetero) is 1. The molecular weight excluding hydrogens is 227 g/mol. The molecule has 0 unspecified atom stereocenters. The average molecular weight is 249 g/mol. The van der Waals surface area contributed by atoms with Crippen molar-refractivity contribution < 1.29 is 18.7 Å². The van der Waals surface area contributed by atoms with E-state index in [1.54, 1.807) is 0 Å². The van der Waals surface area contributed by atoms with Crippen molar-refractivity contribution in [1.29, 1.82) is 0 Å². The molecule has 1 saturated carbocycles. The first-order chi connectivity index (χ1) is 7.52. The quantitative estimate of drug-likeness (QED) is 0.672. The SMILES string of the molecule is CCCO[P+](O)(OCCC)C1(C(C)=O)CC1. The Morgan fingerprint density at radius 3 is 1.94 bits per heavy atom. The first-order valence-electron chi connectivity index (χ1n) is 5.94. The Hall–Kier alpha value is -0.0200. The van der Waals surface area contributed by atoms with Crippen LogP contribution in [-0.2, 0) is 13.8 Å². The van der Waals surface area contributed by atoms with Gasteiger partial charge < -0.3 is 0 Å². The lowest BCUT2D eigenvalue weighted by Gasteiger charge is -2.23. The molecule has 1 aliphatic rings. The summed E-state index contributed by atoms with van der Waals surface area (Å²) >= 11 is 0. The monoisotopic (exact) mass is 249 g/mol. The highest BCUT2D eigenvalue weighted by Gasteiger charge is 2.74. The fraction of sp³-hybridized carbons (Fsp3) is 0.909. The van der Waals surface area contributed by atoms with Gasteiger partial charge in [0.05, 0.1) is 13.2 Å². The number of carbonyl (C=O) groups is 1. The molecule has 0 aromatic carbocycles. The van der Waals surface area contributed by atoms with Crippen LogP contribution >= 0.6 is 7.94 Å². The molecule has 5 heteroatoms. The zero-order valence-corrected chi connectivity index (χ0v) is 11.3. The van der Waals surface area contributed by atoms with Crippen molar-refractivity contribution in [2.75, 3.05) is 13.2 Å². The molecule has 0 aromatic heterocycles. The summed E-state index contributed by atoms with van der Waals surface area (Å²) in [5.41, 5.74) is 0. The molecule has 4 nitrogen and oxygen atoms in total. The molecule has 0 saturated heterocycles. The molecule has 0 amide bonds. The molecule has 0 spiro atoms. The molecule has 1 rings (SSSR count). The van der Waals surface area contributed by atoms with E-state index in [4.69, 9.17) is 9.05 Å². The Labute approximate surface area is 97.9 Å². The minimum Gasteiger partial charge on any atom is -0.295 e. The second-order valence-corrected chi connectivity index (χ2v) is 6.69. The number of hydrogen-bond donors (Lipinski definition) is 1. The third-order valence-corrected chi connectivity index (χ3v) is 5.77. The number of carbonyl (C=O) groups excluding carboxylic acids is 1. The Morgan fingerprint density at radius 2 is 1.69 bits per heavy atom. The van der Waals surface area contributed by atoms with Crippen molar-refractivity contribution in [2.45, 2.75) is 51.6 Å². The van der Waals surface area contributed by atoms with E-state index in [1.807, 2.05) is 13.8 Å². The summed E-state index contributed by atoms with van der Waals surface area (Å²) in [5.74, 6) is -0.00413. The zero-order chi connectivity index (χ0) is 12.2. The summed E-state index contributed by atoms with van der Waals surface area (Å²) in [6.45, 7) is 6.35. The van der Waals surface area contributed by atoms with E-state index >= 15 is 0 Å². The van der Waals surface area contributed by atoms with Gasteiger partial charge in [0.15, 0.2) is 5.78 Å². The fourth-order valence-corrected chi connectivity index (χ4v) is 4.17. The van der Waals surface area contributed by atoms with Crippen molar-refractivity contribution >= 4 is 13.7 Å². The molecule has 0 heterocycles. The highest BCUT2D eigenvalue weighted by atomic mass is 31.2. The minimum atomic E-state index is -3.00. The average Bonchev–Trinajstić information content (AvgIpc) is 3.04. The standard InChI is InChI=1S/C11H22O4P/c1-4-8-14-16(13,15-9-5-2)11(6-7-11)10(3)12/h13H,4-9H2,1-3H3/q+1. The highest BCUT2D eigenvalue weighted by Crippen LogP contribution is 2.77. The van der Waals surface area contributed by atoms with Crippen LogP contribution in [0.25, 0.3) is 0 Å².